The van der Waals surface area contributed by atoms with Gasteiger partial charge in [0.2, 0.25) is 0 Å². The van der Waals surface area contributed by atoms with Crippen LogP contribution in [0.5, 0.6) is 5.75 Å². The van der Waals surface area contributed by atoms with Gasteiger partial charge in [-0.2, -0.15) is 0 Å². The van der Waals surface area contributed by atoms with Crippen molar-refractivity contribution in [2.45, 2.75) is 32.4 Å². The van der Waals surface area contributed by atoms with Gasteiger partial charge >= 0.3 is 5.97 Å². The van der Waals surface area contributed by atoms with Crippen molar-refractivity contribution >= 4 is 27.8 Å². The van der Waals surface area contributed by atoms with Crippen molar-refractivity contribution in [2.24, 2.45) is 0 Å². The number of hydrogen-bond donors (Lipinski definition) is 2. The molecule has 0 aliphatic heterocycles. The SMILES string of the molecule is CC(CCC(=O)O)NC(=O)c1ccc(COc2ccc(Br)cc2)o1. The first-order chi connectivity index (χ1) is 11.4. The lowest BCUT2D eigenvalue weighted by atomic mass is 10.2. The smallest absolute Gasteiger partial charge is 0.303 e. The van der Waals surface area contributed by atoms with E-state index in [9.17, 15) is 9.59 Å². The molecule has 0 fully saturated rings. The van der Waals surface area contributed by atoms with Gasteiger partial charge in [0.15, 0.2) is 5.76 Å². The number of carbonyl (C=O) groups excluding carboxylic acids is 1. The average Bonchev–Trinajstić information content (AvgIpc) is 3.01. The van der Waals surface area contributed by atoms with E-state index >= 15 is 0 Å². The second kappa shape index (κ2) is 8.54. The summed E-state index contributed by atoms with van der Waals surface area (Å²) in [6.45, 7) is 1.96. The van der Waals surface area contributed by atoms with Crippen LogP contribution in [0.25, 0.3) is 0 Å². The summed E-state index contributed by atoms with van der Waals surface area (Å²) in [5, 5.41) is 11.3. The predicted molar refractivity (Wildman–Crippen MR) is 91.0 cm³/mol. The molecule has 1 unspecified atom stereocenters. The zero-order valence-electron chi connectivity index (χ0n) is 13.1. The fourth-order valence-electron chi connectivity index (χ4n) is 1.97. The Morgan fingerprint density at radius 1 is 1.25 bits per heavy atom. The number of carbonyl (C=O) groups is 2. The summed E-state index contributed by atoms with van der Waals surface area (Å²) < 4.78 is 12.0. The number of hydrogen-bond acceptors (Lipinski definition) is 4. The molecule has 0 spiro atoms. The number of ether oxygens (including phenoxy) is 1. The molecular weight excluding hydrogens is 378 g/mol. The Morgan fingerprint density at radius 2 is 1.96 bits per heavy atom. The van der Waals surface area contributed by atoms with Crippen molar-refractivity contribution in [1.29, 1.82) is 0 Å². The number of furan rings is 1. The summed E-state index contributed by atoms with van der Waals surface area (Å²) in [5.74, 6) is 0.139. The number of rotatable bonds is 8. The third-order valence-corrected chi connectivity index (χ3v) is 3.78. The number of carboxylic acids is 1. The van der Waals surface area contributed by atoms with Gasteiger partial charge in [0, 0.05) is 16.9 Å². The first-order valence-electron chi connectivity index (χ1n) is 7.44. The Morgan fingerprint density at radius 3 is 2.62 bits per heavy atom. The van der Waals surface area contributed by atoms with Gasteiger partial charge in [-0.05, 0) is 49.7 Å². The van der Waals surface area contributed by atoms with Gasteiger partial charge < -0.3 is 19.6 Å². The standard InChI is InChI=1S/C17H18BrNO5/c1-11(2-9-16(20)21)19-17(22)15-8-7-14(24-15)10-23-13-5-3-12(18)4-6-13/h3-8,11H,2,9-10H2,1H3,(H,19,22)(H,20,21). The van der Waals surface area contributed by atoms with Gasteiger partial charge in [0.25, 0.3) is 5.91 Å². The van der Waals surface area contributed by atoms with Crippen LogP contribution in [-0.2, 0) is 11.4 Å². The van der Waals surface area contributed by atoms with Crippen LogP contribution in [0.2, 0.25) is 0 Å². The van der Waals surface area contributed by atoms with E-state index in [2.05, 4.69) is 21.2 Å². The van der Waals surface area contributed by atoms with Gasteiger partial charge in [-0.25, -0.2) is 0 Å². The summed E-state index contributed by atoms with van der Waals surface area (Å²) in [5.41, 5.74) is 0. The lowest BCUT2D eigenvalue weighted by Gasteiger charge is -2.11. The molecule has 0 radical (unpaired) electrons. The minimum Gasteiger partial charge on any atom is -0.486 e. The minimum atomic E-state index is -0.888. The third-order valence-electron chi connectivity index (χ3n) is 3.25. The Bertz CT molecular complexity index is 695. The van der Waals surface area contributed by atoms with E-state index in [0.717, 1.165) is 4.47 Å². The number of carboxylic acid groups (broad SMARTS) is 1. The second-order valence-electron chi connectivity index (χ2n) is 5.32. The minimum absolute atomic E-state index is 0.00583. The van der Waals surface area contributed by atoms with E-state index in [0.29, 0.717) is 17.9 Å². The highest BCUT2D eigenvalue weighted by Gasteiger charge is 2.15. The van der Waals surface area contributed by atoms with Gasteiger partial charge in [-0.15, -0.1) is 0 Å². The topological polar surface area (TPSA) is 88.8 Å². The molecule has 1 heterocycles. The first kappa shape index (κ1) is 18.1. The van der Waals surface area contributed by atoms with Crippen LogP contribution in [0, 0.1) is 0 Å². The van der Waals surface area contributed by atoms with E-state index in [1.54, 1.807) is 19.1 Å². The molecule has 1 amide bonds. The molecule has 128 valence electrons. The first-order valence-corrected chi connectivity index (χ1v) is 8.23. The Balaban J connectivity index is 1.84. The monoisotopic (exact) mass is 395 g/mol. The van der Waals surface area contributed by atoms with Crippen molar-refractivity contribution in [3.8, 4) is 5.75 Å². The Kier molecular flexibility index (Phi) is 6.43. The van der Waals surface area contributed by atoms with Crippen LogP contribution in [0.1, 0.15) is 36.1 Å². The molecule has 2 N–H and O–H groups in total. The maximum Gasteiger partial charge on any atom is 0.303 e. The molecule has 2 rings (SSSR count). The average molecular weight is 396 g/mol. The van der Waals surface area contributed by atoms with Crippen LogP contribution < -0.4 is 10.1 Å². The van der Waals surface area contributed by atoms with E-state index in [1.165, 1.54) is 0 Å². The van der Waals surface area contributed by atoms with Crippen molar-refractivity contribution in [3.05, 3.63) is 52.4 Å². The van der Waals surface area contributed by atoms with Gasteiger partial charge in [-0.3, -0.25) is 9.59 Å². The lowest BCUT2D eigenvalue weighted by molar-refractivity contribution is -0.137. The summed E-state index contributed by atoms with van der Waals surface area (Å²) in [6.07, 6.45) is 0.368. The predicted octanol–water partition coefficient (Wildman–Crippen LogP) is 3.60. The Hall–Kier alpha value is -2.28. The van der Waals surface area contributed by atoms with Crippen LogP contribution in [0.3, 0.4) is 0 Å². The highest BCUT2D eigenvalue weighted by Crippen LogP contribution is 2.18. The third kappa shape index (κ3) is 5.73. The summed E-state index contributed by atoms with van der Waals surface area (Å²) >= 11 is 3.35. The number of amides is 1. The fourth-order valence-corrected chi connectivity index (χ4v) is 2.23. The molecule has 0 saturated heterocycles. The number of aliphatic carboxylic acids is 1. The van der Waals surface area contributed by atoms with Crippen LogP contribution in [0.15, 0.2) is 45.3 Å². The van der Waals surface area contributed by atoms with Crippen LogP contribution >= 0.6 is 15.9 Å². The normalized spacial score (nSPS) is 11.8. The summed E-state index contributed by atoms with van der Waals surface area (Å²) in [4.78, 5) is 22.5. The van der Waals surface area contributed by atoms with Crippen LogP contribution in [-0.4, -0.2) is 23.0 Å². The highest BCUT2D eigenvalue weighted by atomic mass is 79.9. The summed E-state index contributed by atoms with van der Waals surface area (Å²) in [7, 11) is 0. The van der Waals surface area contributed by atoms with Crippen molar-refractivity contribution in [1.82, 2.24) is 5.32 Å². The van der Waals surface area contributed by atoms with E-state index in [1.807, 2.05) is 24.3 Å². The quantitative estimate of drug-likeness (QED) is 0.712. The lowest BCUT2D eigenvalue weighted by Crippen LogP contribution is -2.32. The molecule has 0 aliphatic carbocycles. The molecule has 1 atom stereocenters. The molecule has 7 heteroatoms. The van der Waals surface area contributed by atoms with Gasteiger partial charge in [-0.1, -0.05) is 15.9 Å². The molecule has 1 aromatic heterocycles. The molecule has 6 nitrogen and oxygen atoms in total. The van der Waals surface area contributed by atoms with E-state index < -0.39 is 5.97 Å². The van der Waals surface area contributed by atoms with Crippen LogP contribution in [0.4, 0.5) is 0 Å². The largest absolute Gasteiger partial charge is 0.486 e. The maximum atomic E-state index is 12.0. The molecule has 2 aromatic rings. The maximum absolute atomic E-state index is 12.0. The van der Waals surface area contributed by atoms with E-state index in [4.69, 9.17) is 14.3 Å². The number of nitrogens with one attached hydrogen (secondary N) is 1. The highest BCUT2D eigenvalue weighted by molar-refractivity contribution is 9.10. The molecule has 24 heavy (non-hydrogen) atoms. The number of benzene rings is 1. The zero-order chi connectivity index (χ0) is 17.5. The second-order valence-corrected chi connectivity index (χ2v) is 6.23. The molecular formula is C17H18BrNO5. The molecule has 0 aliphatic rings. The molecule has 0 saturated carbocycles. The van der Waals surface area contributed by atoms with Crippen molar-refractivity contribution in [3.63, 3.8) is 0 Å². The molecule has 1 aromatic carbocycles. The van der Waals surface area contributed by atoms with Gasteiger partial charge in [0.1, 0.15) is 18.1 Å². The summed E-state index contributed by atoms with van der Waals surface area (Å²) in [6, 6.07) is 10.4. The number of halogens is 1. The van der Waals surface area contributed by atoms with Crippen molar-refractivity contribution < 1.29 is 23.8 Å². The van der Waals surface area contributed by atoms with Gasteiger partial charge in [0.05, 0.1) is 0 Å². The van der Waals surface area contributed by atoms with Crippen molar-refractivity contribution in [2.75, 3.05) is 0 Å². The Labute approximate surface area is 147 Å². The van der Waals surface area contributed by atoms with E-state index in [-0.39, 0.29) is 30.7 Å². The molecule has 0 bridgehead atoms. The zero-order valence-corrected chi connectivity index (χ0v) is 14.7. The fraction of sp³-hybridized carbons (Fsp3) is 0.294.